The third-order valence-electron chi connectivity index (χ3n) is 5.09. The summed E-state index contributed by atoms with van der Waals surface area (Å²) in [6.45, 7) is 0.463. The van der Waals surface area contributed by atoms with E-state index in [-0.39, 0.29) is 24.9 Å². The van der Waals surface area contributed by atoms with Crippen LogP contribution in [0.4, 0.5) is 4.79 Å². The molecule has 5 heteroatoms. The van der Waals surface area contributed by atoms with Gasteiger partial charge in [-0.2, -0.15) is 0 Å². The fourth-order valence-electron chi connectivity index (χ4n) is 3.65. The van der Waals surface area contributed by atoms with Gasteiger partial charge in [0.05, 0.1) is 6.54 Å². The molecule has 5 nitrogen and oxygen atoms in total. The summed E-state index contributed by atoms with van der Waals surface area (Å²) in [4.78, 5) is 12.1. The summed E-state index contributed by atoms with van der Waals surface area (Å²) in [7, 11) is 0. The van der Waals surface area contributed by atoms with Crippen molar-refractivity contribution in [1.29, 1.82) is 5.41 Å². The van der Waals surface area contributed by atoms with Gasteiger partial charge >= 0.3 is 6.09 Å². The predicted octanol–water partition coefficient (Wildman–Crippen LogP) is 3.86. The van der Waals surface area contributed by atoms with Gasteiger partial charge in [0.1, 0.15) is 12.4 Å². The van der Waals surface area contributed by atoms with Crippen LogP contribution in [0.2, 0.25) is 0 Å². The van der Waals surface area contributed by atoms with Crippen LogP contribution in [-0.4, -0.2) is 25.1 Å². The first-order valence-corrected chi connectivity index (χ1v) is 9.65. The number of fused-ring (bicyclic) bond motifs is 3. The molecule has 0 saturated carbocycles. The summed E-state index contributed by atoms with van der Waals surface area (Å²) < 4.78 is 5.48. The second-order valence-corrected chi connectivity index (χ2v) is 6.97. The lowest BCUT2D eigenvalue weighted by molar-refractivity contribution is 0.144. The zero-order valence-corrected chi connectivity index (χ0v) is 16.3. The van der Waals surface area contributed by atoms with Gasteiger partial charge in [-0.05, 0) is 34.4 Å². The van der Waals surface area contributed by atoms with Crippen molar-refractivity contribution in [3.63, 3.8) is 0 Å². The number of carbonyl (C=O) groups is 1. The van der Waals surface area contributed by atoms with Gasteiger partial charge in [0.15, 0.2) is 0 Å². The van der Waals surface area contributed by atoms with E-state index in [2.05, 4.69) is 41.4 Å². The molecule has 1 amide bonds. The van der Waals surface area contributed by atoms with Crippen molar-refractivity contribution in [1.82, 2.24) is 5.32 Å². The molecular weight excluding hydrogens is 374 g/mol. The van der Waals surface area contributed by atoms with Gasteiger partial charge in [-0.1, -0.05) is 72.5 Å². The number of ether oxygens (including phenoxy) is 1. The summed E-state index contributed by atoms with van der Waals surface area (Å²) in [6, 6.07) is 23.5. The average Bonchev–Trinajstić information content (AvgIpc) is 3.09. The fourth-order valence-corrected chi connectivity index (χ4v) is 3.65. The number of hydrogen-bond acceptors (Lipinski definition) is 3. The number of nitrogen functional groups attached to an aromatic ring is 1. The van der Waals surface area contributed by atoms with Crippen molar-refractivity contribution in [2.75, 3.05) is 13.2 Å². The molecule has 0 atom stereocenters. The van der Waals surface area contributed by atoms with E-state index in [4.69, 9.17) is 15.9 Å². The molecule has 1 aliphatic carbocycles. The summed E-state index contributed by atoms with van der Waals surface area (Å²) >= 11 is 0. The normalized spacial score (nSPS) is 11.6. The Labute approximate surface area is 175 Å². The molecule has 1 aliphatic rings. The van der Waals surface area contributed by atoms with Crippen LogP contribution >= 0.6 is 0 Å². The van der Waals surface area contributed by atoms with Crippen LogP contribution in [0.25, 0.3) is 11.1 Å². The average molecular weight is 395 g/mol. The Morgan fingerprint density at radius 3 is 2.17 bits per heavy atom. The van der Waals surface area contributed by atoms with Gasteiger partial charge in [0.25, 0.3) is 0 Å². The van der Waals surface area contributed by atoms with E-state index < -0.39 is 6.09 Å². The fraction of sp³-hybridized carbons (Fsp3) is 0.120. The third kappa shape index (κ3) is 4.03. The van der Waals surface area contributed by atoms with Crippen LogP contribution in [0.1, 0.15) is 28.2 Å². The minimum atomic E-state index is -0.488. The maximum Gasteiger partial charge on any atom is 0.407 e. The van der Waals surface area contributed by atoms with E-state index in [0.717, 1.165) is 5.56 Å². The highest BCUT2D eigenvalue weighted by atomic mass is 16.5. The Hall–Kier alpha value is -4.04. The Morgan fingerprint density at radius 1 is 0.967 bits per heavy atom. The maximum absolute atomic E-state index is 12.1. The van der Waals surface area contributed by atoms with Crippen molar-refractivity contribution in [3.8, 4) is 23.0 Å². The van der Waals surface area contributed by atoms with Gasteiger partial charge in [0, 0.05) is 17.0 Å². The van der Waals surface area contributed by atoms with Crippen molar-refractivity contribution in [2.24, 2.45) is 5.73 Å². The van der Waals surface area contributed by atoms with Gasteiger partial charge < -0.3 is 15.8 Å². The lowest BCUT2D eigenvalue weighted by Crippen LogP contribution is -2.26. The first kappa shape index (κ1) is 19.3. The van der Waals surface area contributed by atoms with Crippen molar-refractivity contribution in [3.05, 3.63) is 95.1 Å². The monoisotopic (exact) mass is 395 g/mol. The first-order valence-electron chi connectivity index (χ1n) is 9.65. The number of nitrogens with one attached hydrogen (secondary N) is 2. The minimum absolute atomic E-state index is 0.0198. The second-order valence-electron chi connectivity index (χ2n) is 6.97. The van der Waals surface area contributed by atoms with E-state index >= 15 is 0 Å². The van der Waals surface area contributed by atoms with Crippen LogP contribution < -0.4 is 11.1 Å². The van der Waals surface area contributed by atoms with Crippen molar-refractivity contribution < 1.29 is 9.53 Å². The zero-order valence-electron chi connectivity index (χ0n) is 16.3. The maximum atomic E-state index is 12.1. The molecule has 4 rings (SSSR count). The second kappa shape index (κ2) is 8.54. The number of alkyl carbamates (subject to hydrolysis) is 1. The highest BCUT2D eigenvalue weighted by molar-refractivity contribution is 5.94. The molecule has 3 aromatic rings. The van der Waals surface area contributed by atoms with E-state index in [1.807, 2.05) is 24.3 Å². The molecule has 0 bridgehead atoms. The quantitative estimate of drug-likeness (QED) is 0.356. The van der Waals surface area contributed by atoms with Gasteiger partial charge in [-0.25, -0.2) is 4.79 Å². The summed E-state index contributed by atoms with van der Waals surface area (Å²) in [6.07, 6.45) is -0.488. The smallest absolute Gasteiger partial charge is 0.407 e. The molecule has 30 heavy (non-hydrogen) atoms. The van der Waals surface area contributed by atoms with E-state index in [9.17, 15) is 4.79 Å². The number of amidine groups is 1. The number of hydrogen-bond donors (Lipinski definition) is 3. The molecule has 0 heterocycles. The highest BCUT2D eigenvalue weighted by Gasteiger charge is 2.28. The highest BCUT2D eigenvalue weighted by Crippen LogP contribution is 2.44. The van der Waals surface area contributed by atoms with Gasteiger partial charge in [-0.3, -0.25) is 5.41 Å². The number of rotatable bonds is 4. The molecule has 0 unspecified atom stereocenters. The molecule has 0 spiro atoms. The van der Waals surface area contributed by atoms with Crippen LogP contribution in [0.5, 0.6) is 0 Å². The largest absolute Gasteiger partial charge is 0.449 e. The van der Waals surface area contributed by atoms with Crippen molar-refractivity contribution >= 4 is 11.9 Å². The predicted molar refractivity (Wildman–Crippen MR) is 117 cm³/mol. The standard InChI is InChI=1S/C25H21N3O2/c26-24(27)18-13-11-17(12-14-18)6-5-15-28-25(29)30-16-23-21-9-3-1-7-19(21)20-8-2-4-10-22(20)23/h1-4,7-14,23H,15-16H2,(H3,26,27)(H,28,29). The number of benzene rings is 3. The van der Waals surface area contributed by atoms with Crippen LogP contribution in [0, 0.1) is 17.3 Å². The van der Waals surface area contributed by atoms with Crippen LogP contribution in [-0.2, 0) is 4.74 Å². The SMILES string of the molecule is N=C(N)c1ccc(C#CCNC(=O)OCC2c3ccccc3-c3ccccc32)cc1. The van der Waals surface area contributed by atoms with Crippen molar-refractivity contribution in [2.45, 2.75) is 5.92 Å². The topological polar surface area (TPSA) is 88.2 Å². The first-order chi connectivity index (χ1) is 14.6. The van der Waals surface area contributed by atoms with E-state index in [0.29, 0.717) is 5.56 Å². The van der Waals surface area contributed by atoms with E-state index in [1.165, 1.54) is 22.3 Å². The number of nitrogens with two attached hydrogens (primary N) is 1. The summed E-state index contributed by atoms with van der Waals surface area (Å²) in [5.41, 5.74) is 11.6. The zero-order chi connectivity index (χ0) is 20.9. The Kier molecular flexibility index (Phi) is 5.49. The molecule has 3 aromatic carbocycles. The summed E-state index contributed by atoms with van der Waals surface area (Å²) in [5.74, 6) is 5.91. The Morgan fingerprint density at radius 2 is 1.57 bits per heavy atom. The number of amides is 1. The minimum Gasteiger partial charge on any atom is -0.449 e. The summed E-state index contributed by atoms with van der Waals surface area (Å²) in [5, 5.41) is 10.0. The van der Waals surface area contributed by atoms with Crippen LogP contribution in [0.15, 0.2) is 72.8 Å². The third-order valence-corrected chi connectivity index (χ3v) is 5.09. The molecule has 0 aliphatic heterocycles. The molecule has 4 N–H and O–H groups in total. The lowest BCUT2D eigenvalue weighted by atomic mass is 9.98. The van der Waals surface area contributed by atoms with Gasteiger partial charge in [-0.15, -0.1) is 0 Å². The molecule has 0 radical (unpaired) electrons. The molecule has 0 aromatic heterocycles. The van der Waals surface area contributed by atoms with E-state index in [1.54, 1.807) is 24.3 Å². The Balaban J connectivity index is 1.32. The lowest BCUT2D eigenvalue weighted by Gasteiger charge is -2.14. The molecule has 0 saturated heterocycles. The Bertz CT molecular complexity index is 1110. The van der Waals surface area contributed by atoms with Gasteiger partial charge in [0.2, 0.25) is 0 Å². The number of carbonyl (C=O) groups excluding carboxylic acids is 1. The molecule has 0 fully saturated rings. The van der Waals surface area contributed by atoms with Crippen LogP contribution in [0.3, 0.4) is 0 Å². The molecule has 148 valence electrons. The molecular formula is C25H21N3O2.